The molecule has 0 aliphatic heterocycles. The van der Waals surface area contributed by atoms with Crippen molar-refractivity contribution in [3.05, 3.63) is 29.8 Å². The van der Waals surface area contributed by atoms with Gasteiger partial charge in [-0.25, -0.2) is 8.42 Å². The largest absolute Gasteiger partial charge is 0.383 e. The van der Waals surface area contributed by atoms with E-state index in [-0.39, 0.29) is 10.9 Å². The lowest BCUT2D eigenvalue weighted by Gasteiger charge is -2.17. The van der Waals surface area contributed by atoms with E-state index in [1.165, 1.54) is 25.3 Å². The molecule has 0 heterocycles. The van der Waals surface area contributed by atoms with Crippen molar-refractivity contribution < 1.29 is 21.9 Å². The molecule has 0 amide bonds. The van der Waals surface area contributed by atoms with Gasteiger partial charge in [-0.15, -0.1) is 0 Å². The van der Waals surface area contributed by atoms with E-state index in [0.29, 0.717) is 18.6 Å². The van der Waals surface area contributed by atoms with E-state index in [4.69, 9.17) is 4.74 Å². The van der Waals surface area contributed by atoms with Crippen LogP contribution in [0.2, 0.25) is 0 Å². The Labute approximate surface area is 111 Å². The number of alkyl halides is 2. The summed E-state index contributed by atoms with van der Waals surface area (Å²) in [5.41, 5.74) is 0.360. The summed E-state index contributed by atoms with van der Waals surface area (Å²) in [5.74, 6) is -3.41. The highest BCUT2D eigenvalue weighted by molar-refractivity contribution is 7.91. The molecule has 0 spiro atoms. The van der Waals surface area contributed by atoms with Gasteiger partial charge in [0.15, 0.2) is 0 Å². The number of likely N-dealkylation sites (N-methyl/N-ethyl adjacent to an activating group) is 1. The Morgan fingerprint density at radius 1 is 1.32 bits per heavy atom. The first kappa shape index (κ1) is 16.0. The molecule has 0 radical (unpaired) electrons. The summed E-state index contributed by atoms with van der Waals surface area (Å²) in [7, 11) is -1.36. The Hall–Kier alpha value is -1.05. The predicted molar refractivity (Wildman–Crippen MR) is 68.1 cm³/mol. The zero-order chi connectivity index (χ0) is 14.5. The Balaban J connectivity index is 3.09. The third kappa shape index (κ3) is 3.95. The van der Waals surface area contributed by atoms with Crippen LogP contribution in [-0.4, -0.2) is 41.0 Å². The van der Waals surface area contributed by atoms with Crippen molar-refractivity contribution in [3.8, 4) is 0 Å². The molecule has 1 atom stereocenters. The number of methoxy groups -OCH3 is 1. The van der Waals surface area contributed by atoms with Gasteiger partial charge in [-0.1, -0.05) is 18.2 Å². The third-order valence-corrected chi connectivity index (χ3v) is 4.24. The highest BCUT2D eigenvalue weighted by atomic mass is 32.2. The fraction of sp³-hybridized carbons (Fsp3) is 0.500. The minimum atomic E-state index is -4.58. The maximum Gasteiger partial charge on any atom is 0.341 e. The number of hydrogen-bond acceptors (Lipinski definition) is 4. The maximum atomic E-state index is 12.6. The van der Waals surface area contributed by atoms with Gasteiger partial charge in [0.1, 0.15) is 0 Å². The van der Waals surface area contributed by atoms with Gasteiger partial charge >= 0.3 is 5.76 Å². The van der Waals surface area contributed by atoms with Gasteiger partial charge in [0, 0.05) is 13.2 Å². The van der Waals surface area contributed by atoms with Crippen LogP contribution < -0.4 is 5.32 Å². The van der Waals surface area contributed by atoms with E-state index in [1.54, 1.807) is 13.1 Å². The standard InChI is InChI=1S/C12H17F2NO3S/c1-15-10(8-18-2)7-9-5-3-4-6-11(9)19(16,17)12(13)14/h3-6,10,12,15H,7-8H2,1-2H3. The molecule has 0 saturated carbocycles. The van der Waals surface area contributed by atoms with Crippen LogP contribution in [0.5, 0.6) is 0 Å². The highest BCUT2D eigenvalue weighted by Gasteiger charge is 2.29. The van der Waals surface area contributed by atoms with Gasteiger partial charge in [0.05, 0.1) is 11.5 Å². The third-order valence-electron chi connectivity index (χ3n) is 2.76. The number of sulfone groups is 1. The van der Waals surface area contributed by atoms with Crippen LogP contribution in [0.25, 0.3) is 0 Å². The van der Waals surface area contributed by atoms with Crippen molar-refractivity contribution in [2.75, 3.05) is 20.8 Å². The van der Waals surface area contributed by atoms with E-state index in [1.807, 2.05) is 0 Å². The first-order valence-electron chi connectivity index (χ1n) is 5.69. The number of halogens is 2. The van der Waals surface area contributed by atoms with Gasteiger partial charge in [-0.2, -0.15) is 8.78 Å². The monoisotopic (exact) mass is 293 g/mol. The topological polar surface area (TPSA) is 55.4 Å². The van der Waals surface area contributed by atoms with Crippen LogP contribution in [0.4, 0.5) is 8.78 Å². The van der Waals surface area contributed by atoms with Crippen molar-refractivity contribution in [2.24, 2.45) is 0 Å². The van der Waals surface area contributed by atoms with Crippen LogP contribution in [0.15, 0.2) is 29.2 Å². The summed E-state index contributed by atoms with van der Waals surface area (Å²) in [6.07, 6.45) is 0.298. The number of rotatable bonds is 7. The van der Waals surface area contributed by atoms with Crippen LogP contribution in [0.3, 0.4) is 0 Å². The summed E-state index contributed by atoms with van der Waals surface area (Å²) in [4.78, 5) is -0.318. The van der Waals surface area contributed by atoms with Crippen molar-refractivity contribution in [1.82, 2.24) is 5.32 Å². The van der Waals surface area contributed by atoms with Crippen LogP contribution in [0.1, 0.15) is 5.56 Å². The SMILES string of the molecule is CNC(COC)Cc1ccccc1S(=O)(=O)C(F)F. The molecule has 1 rings (SSSR count). The molecule has 4 nitrogen and oxygen atoms in total. The molecule has 1 aromatic rings. The van der Waals surface area contributed by atoms with Crippen LogP contribution in [0, 0.1) is 0 Å². The fourth-order valence-corrected chi connectivity index (χ4v) is 2.73. The van der Waals surface area contributed by atoms with Crippen LogP contribution in [-0.2, 0) is 21.0 Å². The van der Waals surface area contributed by atoms with Crippen molar-refractivity contribution in [1.29, 1.82) is 0 Å². The van der Waals surface area contributed by atoms with Crippen molar-refractivity contribution >= 4 is 9.84 Å². The quantitative estimate of drug-likeness (QED) is 0.827. The fourth-order valence-electron chi connectivity index (χ4n) is 1.76. The predicted octanol–water partition coefficient (Wildman–Crippen LogP) is 1.46. The molecule has 7 heteroatoms. The molecular weight excluding hydrogens is 276 g/mol. The minimum Gasteiger partial charge on any atom is -0.383 e. The lowest BCUT2D eigenvalue weighted by atomic mass is 10.1. The second-order valence-corrected chi connectivity index (χ2v) is 5.94. The minimum absolute atomic E-state index is 0.140. The first-order chi connectivity index (χ1) is 8.93. The van der Waals surface area contributed by atoms with Gasteiger partial charge < -0.3 is 10.1 Å². The molecule has 19 heavy (non-hydrogen) atoms. The lowest BCUT2D eigenvalue weighted by molar-refractivity contribution is 0.169. The Kier molecular flexibility index (Phi) is 5.84. The van der Waals surface area contributed by atoms with E-state index in [0.717, 1.165) is 0 Å². The normalized spacial score (nSPS) is 13.7. The van der Waals surface area contributed by atoms with E-state index in [9.17, 15) is 17.2 Å². The molecule has 0 fully saturated rings. The molecule has 0 saturated heterocycles. The van der Waals surface area contributed by atoms with Crippen molar-refractivity contribution in [2.45, 2.75) is 23.1 Å². The van der Waals surface area contributed by atoms with Crippen LogP contribution >= 0.6 is 0 Å². The Morgan fingerprint density at radius 3 is 2.47 bits per heavy atom. The summed E-state index contributed by atoms with van der Waals surface area (Å²) >= 11 is 0. The molecule has 108 valence electrons. The zero-order valence-electron chi connectivity index (χ0n) is 10.8. The second kappa shape index (κ2) is 6.93. The molecular formula is C12H17F2NO3S. The first-order valence-corrected chi connectivity index (χ1v) is 7.24. The number of benzene rings is 1. The second-order valence-electron chi connectivity index (χ2n) is 4.06. The number of nitrogens with one attached hydrogen (secondary N) is 1. The van der Waals surface area contributed by atoms with Gasteiger partial charge in [0.2, 0.25) is 9.84 Å². The summed E-state index contributed by atoms with van der Waals surface area (Å²) in [5, 5.41) is 2.95. The van der Waals surface area contributed by atoms with E-state index < -0.39 is 15.6 Å². The molecule has 1 N–H and O–H groups in total. The van der Waals surface area contributed by atoms with Gasteiger partial charge in [-0.05, 0) is 25.1 Å². The average molecular weight is 293 g/mol. The van der Waals surface area contributed by atoms with Gasteiger partial charge in [0.25, 0.3) is 0 Å². The molecule has 1 unspecified atom stereocenters. The van der Waals surface area contributed by atoms with E-state index in [2.05, 4.69) is 5.32 Å². The Bertz CT molecular complexity index is 505. The number of hydrogen-bond donors (Lipinski definition) is 1. The van der Waals surface area contributed by atoms with E-state index >= 15 is 0 Å². The smallest absolute Gasteiger partial charge is 0.341 e. The number of ether oxygens (including phenoxy) is 1. The molecule has 0 aliphatic carbocycles. The molecule has 0 aromatic heterocycles. The van der Waals surface area contributed by atoms with Crippen molar-refractivity contribution in [3.63, 3.8) is 0 Å². The zero-order valence-corrected chi connectivity index (χ0v) is 11.6. The Morgan fingerprint density at radius 2 is 1.95 bits per heavy atom. The summed E-state index contributed by atoms with van der Waals surface area (Å²) in [6, 6.07) is 5.66. The average Bonchev–Trinajstić information content (AvgIpc) is 2.38. The molecule has 0 bridgehead atoms. The highest BCUT2D eigenvalue weighted by Crippen LogP contribution is 2.23. The lowest BCUT2D eigenvalue weighted by Crippen LogP contribution is -2.32. The molecule has 1 aromatic carbocycles. The summed E-state index contributed by atoms with van der Waals surface area (Å²) < 4.78 is 53.4. The maximum absolute atomic E-state index is 12.6. The summed E-state index contributed by atoms with van der Waals surface area (Å²) in [6.45, 7) is 0.361. The van der Waals surface area contributed by atoms with Gasteiger partial charge in [-0.3, -0.25) is 0 Å². The molecule has 0 aliphatic rings.